The van der Waals surface area contributed by atoms with Gasteiger partial charge in [-0.2, -0.15) is 0 Å². The fourth-order valence-corrected chi connectivity index (χ4v) is 2.70. The monoisotopic (exact) mass is 215 g/mol. The molecule has 0 N–H and O–H groups in total. The summed E-state index contributed by atoms with van der Waals surface area (Å²) >= 11 is 7.03. The zero-order valence-electron chi connectivity index (χ0n) is 6.83. The molecule has 0 saturated heterocycles. The maximum Gasteiger partial charge on any atom is 0.238 e. The number of nitrogens with zero attached hydrogens (tertiary/aromatic N) is 1. The molecule has 1 aliphatic rings. The van der Waals surface area contributed by atoms with E-state index < -0.39 is 0 Å². The molecule has 0 saturated carbocycles. The first kappa shape index (κ1) is 8.72. The number of carbonyl (C=O) groups is 2. The Morgan fingerprint density at radius 3 is 3.00 bits per heavy atom. The lowest BCUT2D eigenvalue weighted by Crippen LogP contribution is -2.30. The van der Waals surface area contributed by atoms with Crippen molar-refractivity contribution in [1.82, 2.24) is 0 Å². The van der Waals surface area contributed by atoms with Crippen molar-refractivity contribution in [2.75, 3.05) is 4.90 Å². The summed E-state index contributed by atoms with van der Waals surface area (Å²) in [5.41, 5.74) is 0.857. The number of imide groups is 1. The third-order valence-electron chi connectivity index (χ3n) is 1.87. The van der Waals surface area contributed by atoms with Gasteiger partial charge in [-0.05, 0) is 11.6 Å². The van der Waals surface area contributed by atoms with Crippen LogP contribution in [-0.2, 0) is 16.0 Å². The van der Waals surface area contributed by atoms with Gasteiger partial charge >= 0.3 is 0 Å². The molecule has 0 spiro atoms. The van der Waals surface area contributed by atoms with Gasteiger partial charge in [0.25, 0.3) is 0 Å². The van der Waals surface area contributed by atoms with Crippen LogP contribution in [-0.4, -0.2) is 11.8 Å². The van der Waals surface area contributed by atoms with Crippen LogP contribution in [0.3, 0.4) is 0 Å². The van der Waals surface area contributed by atoms with Crippen LogP contribution in [0.25, 0.3) is 0 Å². The summed E-state index contributed by atoms with van der Waals surface area (Å²) in [5, 5.41) is 0.683. The van der Waals surface area contributed by atoms with Gasteiger partial charge in [0.1, 0.15) is 5.00 Å². The second-order valence-corrected chi connectivity index (χ2v) is 4.47. The van der Waals surface area contributed by atoms with E-state index in [0.717, 1.165) is 5.56 Å². The van der Waals surface area contributed by atoms with E-state index in [1.54, 1.807) is 6.07 Å². The molecule has 3 nitrogen and oxygen atoms in total. The van der Waals surface area contributed by atoms with Crippen molar-refractivity contribution in [3.05, 3.63) is 16.0 Å². The molecule has 2 amide bonds. The van der Waals surface area contributed by atoms with Gasteiger partial charge in [-0.15, -0.1) is 11.3 Å². The molecule has 0 unspecified atom stereocenters. The Balaban J connectivity index is 2.50. The Bertz CT molecular complexity index is 399. The molecule has 5 heteroatoms. The van der Waals surface area contributed by atoms with Crippen LogP contribution < -0.4 is 4.90 Å². The lowest BCUT2D eigenvalue weighted by molar-refractivity contribution is -0.124. The molecule has 0 atom stereocenters. The summed E-state index contributed by atoms with van der Waals surface area (Å²) in [6, 6.07) is 1.74. The third kappa shape index (κ3) is 1.26. The van der Waals surface area contributed by atoms with E-state index >= 15 is 0 Å². The first-order valence-electron chi connectivity index (χ1n) is 3.71. The molecule has 0 aromatic carbocycles. The number of thiophene rings is 1. The molecule has 0 radical (unpaired) electrons. The van der Waals surface area contributed by atoms with Crippen LogP contribution in [0.2, 0.25) is 4.34 Å². The summed E-state index contributed by atoms with van der Waals surface area (Å²) in [4.78, 5) is 23.6. The predicted octanol–water partition coefficient (Wildman–Crippen LogP) is 1.84. The van der Waals surface area contributed by atoms with E-state index in [-0.39, 0.29) is 18.2 Å². The number of amides is 2. The van der Waals surface area contributed by atoms with Gasteiger partial charge in [0.2, 0.25) is 11.8 Å². The van der Waals surface area contributed by atoms with E-state index in [1.807, 2.05) is 0 Å². The highest BCUT2D eigenvalue weighted by atomic mass is 35.5. The first-order valence-corrected chi connectivity index (χ1v) is 4.91. The topological polar surface area (TPSA) is 37.4 Å². The van der Waals surface area contributed by atoms with Crippen molar-refractivity contribution in [2.45, 2.75) is 13.3 Å². The normalized spacial score (nSPS) is 14.9. The average Bonchev–Trinajstić information content (AvgIpc) is 2.41. The molecule has 68 valence electrons. The number of hydrogen-bond donors (Lipinski definition) is 0. The maximum atomic E-state index is 11.3. The molecular weight excluding hydrogens is 210 g/mol. The van der Waals surface area contributed by atoms with Crippen LogP contribution in [0, 0.1) is 0 Å². The van der Waals surface area contributed by atoms with Gasteiger partial charge < -0.3 is 0 Å². The molecule has 1 aliphatic heterocycles. The number of rotatable bonds is 0. The Kier molecular flexibility index (Phi) is 1.89. The van der Waals surface area contributed by atoms with E-state index in [4.69, 9.17) is 11.6 Å². The smallest absolute Gasteiger partial charge is 0.238 e. The Morgan fingerprint density at radius 2 is 2.38 bits per heavy atom. The van der Waals surface area contributed by atoms with Crippen LogP contribution in [0.15, 0.2) is 6.07 Å². The minimum atomic E-state index is -0.248. The summed E-state index contributed by atoms with van der Waals surface area (Å²) in [6.45, 7) is 1.38. The second kappa shape index (κ2) is 2.82. The molecule has 2 rings (SSSR count). The van der Waals surface area contributed by atoms with Crippen LogP contribution >= 0.6 is 22.9 Å². The number of carbonyl (C=O) groups excluding carboxylic acids is 2. The van der Waals surface area contributed by atoms with E-state index in [9.17, 15) is 9.59 Å². The van der Waals surface area contributed by atoms with E-state index in [1.165, 1.54) is 23.2 Å². The number of hydrogen-bond acceptors (Lipinski definition) is 3. The van der Waals surface area contributed by atoms with Gasteiger partial charge in [0.15, 0.2) is 0 Å². The molecular formula is C8H6ClNO2S. The minimum absolute atomic E-state index is 0.162. The van der Waals surface area contributed by atoms with Crippen molar-refractivity contribution in [3.8, 4) is 0 Å². The predicted molar refractivity (Wildman–Crippen MR) is 51.2 cm³/mol. The van der Waals surface area contributed by atoms with Crippen molar-refractivity contribution < 1.29 is 9.59 Å². The largest absolute Gasteiger partial charge is 0.274 e. The van der Waals surface area contributed by atoms with E-state index in [0.29, 0.717) is 9.34 Å². The summed E-state index contributed by atoms with van der Waals surface area (Å²) in [5.74, 6) is -0.410. The number of fused-ring (bicyclic) bond motifs is 1. The van der Waals surface area contributed by atoms with Crippen molar-refractivity contribution in [2.24, 2.45) is 0 Å². The minimum Gasteiger partial charge on any atom is -0.274 e. The fourth-order valence-electron chi connectivity index (χ4n) is 1.38. The Hall–Kier alpha value is -0.870. The maximum absolute atomic E-state index is 11.3. The van der Waals surface area contributed by atoms with Crippen molar-refractivity contribution in [1.29, 1.82) is 0 Å². The van der Waals surface area contributed by atoms with Gasteiger partial charge in [-0.1, -0.05) is 11.6 Å². The van der Waals surface area contributed by atoms with Crippen LogP contribution in [0.1, 0.15) is 12.5 Å². The van der Waals surface area contributed by atoms with Crippen molar-refractivity contribution in [3.63, 3.8) is 0 Å². The summed E-state index contributed by atoms with van der Waals surface area (Å²) < 4.78 is 0.615. The quantitative estimate of drug-likeness (QED) is 0.662. The zero-order valence-corrected chi connectivity index (χ0v) is 8.41. The fraction of sp³-hybridized carbons (Fsp3) is 0.250. The number of halogens is 1. The molecule has 1 aromatic rings. The lowest BCUT2D eigenvalue weighted by atomic mass is 10.3. The molecule has 1 aromatic heterocycles. The van der Waals surface area contributed by atoms with Gasteiger partial charge in [0.05, 0.1) is 10.8 Å². The summed E-state index contributed by atoms with van der Waals surface area (Å²) in [7, 11) is 0. The molecule has 0 bridgehead atoms. The van der Waals surface area contributed by atoms with Crippen molar-refractivity contribution >= 4 is 39.8 Å². The highest BCUT2D eigenvalue weighted by Crippen LogP contribution is 2.39. The Morgan fingerprint density at radius 1 is 1.69 bits per heavy atom. The SMILES string of the molecule is CC(=O)N1C(=O)Cc2cc(Cl)sc21. The van der Waals surface area contributed by atoms with Gasteiger partial charge in [0, 0.05) is 6.92 Å². The van der Waals surface area contributed by atoms with Crippen LogP contribution in [0.4, 0.5) is 5.00 Å². The highest BCUT2D eigenvalue weighted by Gasteiger charge is 2.32. The number of anilines is 1. The molecule has 13 heavy (non-hydrogen) atoms. The Labute approximate surface area is 83.9 Å². The zero-order chi connectivity index (χ0) is 9.59. The molecule has 0 aliphatic carbocycles. The van der Waals surface area contributed by atoms with Gasteiger partial charge in [-0.3, -0.25) is 9.59 Å². The van der Waals surface area contributed by atoms with Gasteiger partial charge in [-0.25, -0.2) is 4.90 Å². The summed E-state index contributed by atoms with van der Waals surface area (Å²) in [6.07, 6.45) is 0.290. The average molecular weight is 216 g/mol. The molecule has 0 fully saturated rings. The van der Waals surface area contributed by atoms with Crippen LogP contribution in [0.5, 0.6) is 0 Å². The highest BCUT2D eigenvalue weighted by molar-refractivity contribution is 7.20. The van der Waals surface area contributed by atoms with E-state index in [2.05, 4.69) is 0 Å². The third-order valence-corrected chi connectivity index (χ3v) is 3.16. The first-order chi connectivity index (χ1) is 6.09. The second-order valence-electron chi connectivity index (χ2n) is 2.81. The lowest BCUT2D eigenvalue weighted by Gasteiger charge is -2.09. The standard InChI is InChI=1S/C8H6ClNO2S/c1-4(11)10-7(12)3-5-2-6(9)13-8(5)10/h2H,3H2,1H3. The molecule has 2 heterocycles.